The van der Waals surface area contributed by atoms with Gasteiger partial charge in [-0.2, -0.15) is 4.67 Å². The summed E-state index contributed by atoms with van der Waals surface area (Å²) in [6.45, 7) is 1.36. The quantitative estimate of drug-likeness (QED) is 0.506. The van der Waals surface area contributed by atoms with E-state index < -0.39 is 0 Å². The smallest absolute Gasteiger partial charge is 0.0465 e. The fraction of sp³-hybridized carbons (Fsp3) is 1.00. The molecule has 0 aromatic carbocycles. The molecule has 1 unspecified atom stereocenters. The van der Waals surface area contributed by atoms with Crippen molar-refractivity contribution in [3.05, 3.63) is 0 Å². The Hall–Kier alpha value is 0.390. The van der Waals surface area contributed by atoms with Crippen molar-refractivity contribution in [1.29, 1.82) is 0 Å². The molecule has 1 saturated heterocycles. The molecule has 1 nitrogen and oxygen atoms in total. The second-order valence-electron chi connectivity index (χ2n) is 4.07. The second-order valence-corrected chi connectivity index (χ2v) is 4.88. The third-order valence-electron chi connectivity index (χ3n) is 3.36. The van der Waals surface area contributed by atoms with Crippen molar-refractivity contribution in [2.75, 3.05) is 6.54 Å². The van der Waals surface area contributed by atoms with E-state index in [1.165, 1.54) is 45.1 Å². The minimum absolute atomic E-state index is 0.968. The number of piperidine rings is 1. The molecule has 1 aliphatic heterocycles. The normalized spacial score (nSPS) is 40.4. The highest BCUT2D eigenvalue weighted by molar-refractivity contribution is 7.13. The van der Waals surface area contributed by atoms with Gasteiger partial charge in [0.05, 0.1) is 0 Å². The van der Waals surface area contributed by atoms with Crippen LogP contribution in [0, 0.1) is 5.92 Å². The third kappa shape index (κ3) is 1.60. The van der Waals surface area contributed by atoms with Gasteiger partial charge in [0.15, 0.2) is 0 Å². The molecule has 0 bridgehead atoms. The molecule has 11 heavy (non-hydrogen) atoms. The summed E-state index contributed by atoms with van der Waals surface area (Å²) in [6, 6.07) is 0.968. The molecule has 2 aliphatic rings. The molecule has 3 atom stereocenters. The van der Waals surface area contributed by atoms with Crippen LogP contribution in [0.2, 0.25) is 0 Å². The predicted molar refractivity (Wildman–Crippen MR) is 52.8 cm³/mol. The molecule has 0 aromatic rings. The molecular formula is C9H19NP+. The Morgan fingerprint density at radius 2 is 1.73 bits per heavy atom. The first-order valence-corrected chi connectivity index (χ1v) is 5.58. The fourth-order valence-corrected chi connectivity index (χ4v) is 3.43. The molecule has 0 N–H and O–H groups in total. The number of rotatable bonds is 0. The van der Waals surface area contributed by atoms with Crippen molar-refractivity contribution < 1.29 is 0 Å². The summed E-state index contributed by atoms with van der Waals surface area (Å²) in [5.74, 6) is 1.06. The monoisotopic (exact) mass is 172 g/mol. The van der Waals surface area contributed by atoms with Crippen molar-refractivity contribution in [1.82, 2.24) is 4.67 Å². The maximum absolute atomic E-state index is 2.62. The number of hydrogen-bond acceptors (Lipinski definition) is 1. The number of hydrogen-bond donors (Lipinski definition) is 0. The lowest BCUT2D eigenvalue weighted by Gasteiger charge is -2.38. The largest absolute Gasteiger partial charge is 0.184 e. The molecule has 2 rings (SSSR count). The summed E-state index contributed by atoms with van der Waals surface area (Å²) in [4.78, 5) is 0. The molecule has 1 heterocycles. The summed E-state index contributed by atoms with van der Waals surface area (Å²) in [5, 5.41) is 0. The maximum Gasteiger partial charge on any atom is 0.0465 e. The Balaban J connectivity index is 1.99. The Morgan fingerprint density at radius 3 is 2.55 bits per heavy atom. The van der Waals surface area contributed by atoms with E-state index in [0.29, 0.717) is 0 Å². The lowest BCUT2D eigenvalue weighted by molar-refractivity contribution is 0.138. The number of nitrogens with zero attached hydrogens (tertiary/aromatic N) is 1. The van der Waals surface area contributed by atoms with Gasteiger partial charge in [0.25, 0.3) is 0 Å². The standard InChI is InChI=1S/C9H18NP/c11-10-7-3-5-8-4-1-2-6-9(8)10/h8-9H,1-7,11H2/p+1/t8-,9+/m1/s1. The molecule has 1 saturated carbocycles. The van der Waals surface area contributed by atoms with Crippen LogP contribution in [0.15, 0.2) is 0 Å². The van der Waals surface area contributed by atoms with E-state index >= 15 is 0 Å². The van der Waals surface area contributed by atoms with Crippen molar-refractivity contribution in [2.45, 2.75) is 44.6 Å². The zero-order valence-corrected chi connectivity index (χ0v) is 8.67. The van der Waals surface area contributed by atoms with Crippen LogP contribution in [0.3, 0.4) is 0 Å². The summed E-state index contributed by atoms with van der Waals surface area (Å²) in [5.41, 5.74) is 0. The minimum atomic E-state index is 0.968. The average Bonchev–Trinajstić information content (AvgIpc) is 2.06. The van der Waals surface area contributed by atoms with Crippen LogP contribution in [-0.4, -0.2) is 17.3 Å². The van der Waals surface area contributed by atoms with Gasteiger partial charge >= 0.3 is 0 Å². The summed E-state index contributed by atoms with van der Waals surface area (Å²) in [7, 11) is 2.11. The Morgan fingerprint density at radius 1 is 1.00 bits per heavy atom. The molecule has 0 spiro atoms. The van der Waals surface area contributed by atoms with Crippen molar-refractivity contribution >= 4 is 9.39 Å². The first-order chi connectivity index (χ1) is 5.38. The van der Waals surface area contributed by atoms with Crippen LogP contribution in [0.1, 0.15) is 38.5 Å². The van der Waals surface area contributed by atoms with E-state index in [4.69, 9.17) is 0 Å². The Kier molecular flexibility index (Phi) is 2.48. The highest BCUT2D eigenvalue weighted by atomic mass is 31.0. The van der Waals surface area contributed by atoms with Crippen LogP contribution in [0.4, 0.5) is 0 Å². The molecule has 2 fully saturated rings. The van der Waals surface area contributed by atoms with Gasteiger partial charge < -0.3 is 0 Å². The van der Waals surface area contributed by atoms with Crippen LogP contribution < -0.4 is 0 Å². The Labute approximate surface area is 71.8 Å². The molecule has 64 valence electrons. The van der Waals surface area contributed by atoms with Gasteiger partial charge in [0, 0.05) is 22.0 Å². The van der Waals surface area contributed by atoms with Crippen molar-refractivity contribution in [3.63, 3.8) is 0 Å². The van der Waals surface area contributed by atoms with Crippen LogP contribution in [-0.2, 0) is 0 Å². The lowest BCUT2D eigenvalue weighted by Crippen LogP contribution is -2.40. The summed E-state index contributed by atoms with van der Waals surface area (Å²) in [6.07, 6.45) is 8.94. The van der Waals surface area contributed by atoms with Gasteiger partial charge in [0.2, 0.25) is 0 Å². The summed E-state index contributed by atoms with van der Waals surface area (Å²) < 4.78 is 2.62. The van der Waals surface area contributed by atoms with Gasteiger partial charge in [-0.15, -0.1) is 0 Å². The van der Waals surface area contributed by atoms with Crippen LogP contribution in [0.5, 0.6) is 0 Å². The fourth-order valence-electron chi connectivity index (χ4n) is 2.73. The lowest BCUT2D eigenvalue weighted by atomic mass is 9.79. The minimum Gasteiger partial charge on any atom is -0.184 e. The van der Waals surface area contributed by atoms with E-state index in [1.807, 2.05) is 0 Å². The van der Waals surface area contributed by atoms with Gasteiger partial charge in [-0.3, -0.25) is 0 Å². The molecule has 1 aliphatic carbocycles. The predicted octanol–water partition coefficient (Wildman–Crippen LogP) is 2.16. The highest BCUT2D eigenvalue weighted by Gasteiger charge is 2.33. The molecule has 0 amide bonds. The van der Waals surface area contributed by atoms with Crippen molar-refractivity contribution in [2.24, 2.45) is 5.92 Å². The van der Waals surface area contributed by atoms with E-state index in [-0.39, 0.29) is 0 Å². The Bertz CT molecular complexity index is 136. The van der Waals surface area contributed by atoms with Gasteiger partial charge in [-0.25, -0.2) is 0 Å². The van der Waals surface area contributed by atoms with Crippen molar-refractivity contribution in [3.8, 4) is 0 Å². The van der Waals surface area contributed by atoms with Gasteiger partial charge in [0.1, 0.15) is 0 Å². The number of fused-ring (bicyclic) bond motifs is 1. The topological polar surface area (TPSA) is 3.24 Å². The molecule has 2 heteroatoms. The van der Waals surface area contributed by atoms with Gasteiger partial charge in [-0.1, -0.05) is 12.8 Å². The zero-order valence-electron chi connectivity index (χ0n) is 7.26. The van der Waals surface area contributed by atoms with Crippen LogP contribution >= 0.6 is 9.39 Å². The average molecular weight is 172 g/mol. The molecule has 0 aromatic heterocycles. The maximum atomic E-state index is 2.62. The highest BCUT2D eigenvalue weighted by Crippen LogP contribution is 2.36. The van der Waals surface area contributed by atoms with E-state index in [0.717, 1.165) is 12.0 Å². The van der Waals surface area contributed by atoms with Crippen LogP contribution in [0.25, 0.3) is 0 Å². The van der Waals surface area contributed by atoms with E-state index in [9.17, 15) is 0 Å². The third-order valence-corrected chi connectivity index (χ3v) is 4.14. The van der Waals surface area contributed by atoms with Gasteiger partial charge in [-0.05, 0) is 31.6 Å². The second kappa shape index (κ2) is 3.41. The first kappa shape index (κ1) is 8.01. The SMILES string of the molecule is [PH3+]N1CCC[C@H]2CCCC[C@@H]21. The zero-order chi connectivity index (χ0) is 7.68. The summed E-state index contributed by atoms with van der Waals surface area (Å²) >= 11 is 0. The molecule has 0 radical (unpaired) electrons. The van der Waals surface area contributed by atoms with E-state index in [1.54, 1.807) is 0 Å². The van der Waals surface area contributed by atoms with E-state index in [2.05, 4.69) is 14.1 Å². The first-order valence-electron chi connectivity index (χ1n) is 4.95. The molecular weight excluding hydrogens is 153 g/mol.